The molecule has 1 aliphatic rings. The quantitative estimate of drug-likeness (QED) is 0.431. The molecule has 0 unspecified atom stereocenters. The second-order valence-corrected chi connectivity index (χ2v) is 80.8. The molecule has 0 saturated heterocycles. The van der Waals surface area contributed by atoms with E-state index in [-0.39, 0.29) is 31.1 Å². The zero-order valence-electron chi connectivity index (χ0n) is 19.0. The summed E-state index contributed by atoms with van der Waals surface area (Å²) in [7, 11) is 0. The van der Waals surface area contributed by atoms with Crippen molar-refractivity contribution in [1.29, 1.82) is 0 Å². The molecule has 0 amide bonds. The van der Waals surface area contributed by atoms with E-state index in [9.17, 15) is 0 Å². The number of halogens is 2. The molecule has 0 atom stereocenters. The van der Waals surface area contributed by atoms with Gasteiger partial charge in [-0.25, -0.2) is 0 Å². The van der Waals surface area contributed by atoms with Crippen molar-refractivity contribution in [2.45, 2.75) is 77.4 Å². The number of nitrogens with one attached hydrogen (secondary N) is 1. The van der Waals surface area contributed by atoms with Crippen LogP contribution in [0, 0.1) is 0 Å². The Kier molecular flexibility index (Phi) is 3.86. The molecule has 2 rings (SSSR count). The minimum Gasteiger partial charge on any atom is -0.147 e. The van der Waals surface area contributed by atoms with E-state index in [2.05, 4.69) is 106 Å². The van der Waals surface area contributed by atoms with Gasteiger partial charge in [0.05, 0.1) is 0 Å². The fraction of sp³-hybridized carbons (Fsp3) is 0.636. The number of allylic oxidation sites excluding steroid dienone is 4. The van der Waals surface area contributed by atoms with Crippen LogP contribution in [0.15, 0.2) is 39.8 Å². The zero-order chi connectivity index (χ0) is 19.1. The molecule has 1 N–H and O–H groups in total. The predicted octanol–water partition coefficient (Wildman–Crippen LogP) is 8.84. The molecule has 1 aromatic rings. The Morgan fingerprint density at radius 3 is 1.58 bits per heavy atom. The fourth-order valence-electron chi connectivity index (χ4n) is 6.06. The van der Waals surface area contributed by atoms with Gasteiger partial charge in [0.15, 0.2) is 0 Å². The third-order valence-electron chi connectivity index (χ3n) is 15.0. The van der Waals surface area contributed by atoms with Gasteiger partial charge < -0.3 is 0 Å². The van der Waals surface area contributed by atoms with Crippen LogP contribution in [0.3, 0.4) is 0 Å². The molecule has 0 radical (unpaired) electrons. The van der Waals surface area contributed by atoms with Gasteiger partial charge in [-0.3, -0.25) is 0 Å². The molecule has 0 bridgehead atoms. The second-order valence-electron chi connectivity index (χ2n) is 17.7. The largest absolute Gasteiger partial charge is 0.147 e. The Hall–Kier alpha value is 0.223. The Bertz CT molecular complexity index is 844. The second kappa shape index (κ2) is 3.82. The standard InChI is InChI=1S/C5H5.C4H4N.2C4H9.5CH3.2ClH.Zr/c2*1-2-4-5-3-1;2*1-4(2)3;;;;;;;;/h1-3H,4H2;1-3,5H;2*1-3H3;5*1H3;2*1H;. The van der Waals surface area contributed by atoms with Crippen LogP contribution in [0.4, 0.5) is 0 Å². The van der Waals surface area contributed by atoms with Crippen LogP contribution in [0.25, 0.3) is 0 Å². The summed E-state index contributed by atoms with van der Waals surface area (Å²) in [6, 6.07) is 4.55. The summed E-state index contributed by atoms with van der Waals surface area (Å²) < 4.78 is 16.5. The monoisotopic (exact) mass is 482 g/mol. The van der Waals surface area contributed by atoms with Crippen LogP contribution in [0.2, 0.25) is 29.4 Å². The number of hydrogen-bond donors (Lipinski definition) is 1. The van der Waals surface area contributed by atoms with E-state index in [0.717, 1.165) is 6.42 Å². The van der Waals surface area contributed by atoms with Gasteiger partial charge in [0.25, 0.3) is 0 Å². The van der Waals surface area contributed by atoms with Crippen molar-refractivity contribution in [3.8, 4) is 0 Å². The van der Waals surface area contributed by atoms with Crippen molar-refractivity contribution in [1.82, 2.24) is 4.98 Å². The molecule has 0 aromatic carbocycles. The van der Waals surface area contributed by atoms with Gasteiger partial charge in [-0.05, 0) is 0 Å². The maximum Gasteiger partial charge on any atom is -0.147 e. The maximum atomic E-state index is 3.77. The van der Waals surface area contributed by atoms with Gasteiger partial charge in [-0.15, -0.1) is 24.8 Å². The number of aromatic amines is 1. The predicted molar refractivity (Wildman–Crippen MR) is 126 cm³/mol. The van der Waals surface area contributed by atoms with Crippen molar-refractivity contribution in [2.24, 2.45) is 0 Å². The molecule has 0 spiro atoms. The summed E-state index contributed by atoms with van der Waals surface area (Å²) in [5.74, 6) is 0. The van der Waals surface area contributed by atoms with Crippen molar-refractivity contribution in [2.75, 3.05) is 0 Å². The first-order chi connectivity index (χ1) is 10.0. The molecule has 0 fully saturated rings. The first-order valence-electron chi connectivity index (χ1n) is 9.71. The van der Waals surface area contributed by atoms with Crippen LogP contribution in [0.1, 0.15) is 48.0 Å². The molecule has 0 saturated carbocycles. The Balaban J connectivity index is 0.00000312. The van der Waals surface area contributed by atoms with Gasteiger partial charge in [0.2, 0.25) is 0 Å². The van der Waals surface area contributed by atoms with Gasteiger partial charge in [0, 0.05) is 0 Å². The Morgan fingerprint density at radius 1 is 0.846 bits per heavy atom. The van der Waals surface area contributed by atoms with E-state index in [1.807, 2.05) is 0 Å². The molecular weight excluding hydrogens is 440 g/mol. The van der Waals surface area contributed by atoms with Crippen LogP contribution in [-0.2, 0) is 12.8 Å². The van der Waals surface area contributed by atoms with Crippen molar-refractivity contribution in [3.63, 3.8) is 0 Å². The summed E-state index contributed by atoms with van der Waals surface area (Å²) in [6.45, 7) is 14.9. The third kappa shape index (κ3) is 1.47. The molecule has 155 valence electrons. The summed E-state index contributed by atoms with van der Waals surface area (Å²) in [5, 5.41) is 0. The van der Waals surface area contributed by atoms with E-state index in [1.165, 1.54) is 3.40 Å². The van der Waals surface area contributed by atoms with Crippen LogP contribution in [-0.4, -0.2) is 4.98 Å². The van der Waals surface area contributed by atoms with E-state index >= 15 is 0 Å². The molecule has 1 aromatic heterocycles. The van der Waals surface area contributed by atoms with E-state index < -0.39 is 12.8 Å². The molecule has 0 aliphatic heterocycles. The summed E-state index contributed by atoms with van der Waals surface area (Å²) in [5.41, 5.74) is 0. The molecule has 4 heteroatoms. The number of H-pyrrole nitrogens is 1. The van der Waals surface area contributed by atoms with E-state index in [4.69, 9.17) is 0 Å². The molecule has 1 aliphatic carbocycles. The topological polar surface area (TPSA) is 15.8 Å². The number of rotatable bonds is 2. The van der Waals surface area contributed by atoms with Crippen LogP contribution >= 0.6 is 24.8 Å². The zero-order valence-corrected chi connectivity index (χ0v) is 23.1. The van der Waals surface area contributed by atoms with E-state index in [1.54, 1.807) is 3.28 Å². The number of hydrogen-bond acceptors (Lipinski definition) is 0. The summed E-state index contributed by atoms with van der Waals surface area (Å²) in [4.78, 5) is 3.77. The Morgan fingerprint density at radius 2 is 1.31 bits per heavy atom. The smallest absolute Gasteiger partial charge is 0.147 e. The van der Waals surface area contributed by atoms with Crippen LogP contribution < -0.4 is 3.40 Å². The minimum absolute atomic E-state index is 0. The minimum atomic E-state index is -5.84. The first kappa shape index (κ1) is 26.2. The van der Waals surface area contributed by atoms with Gasteiger partial charge in [-0.2, -0.15) is 0 Å². The molecular formula is C22H44Cl2NZr. The third-order valence-corrected chi connectivity index (χ3v) is 83.4. The average molecular weight is 485 g/mol. The van der Waals surface area contributed by atoms with E-state index in [0.29, 0.717) is 0 Å². The van der Waals surface area contributed by atoms with Crippen molar-refractivity contribution in [3.05, 3.63) is 39.8 Å². The molecule has 1 heterocycles. The SMILES string of the molecule is C[C](C)(C)[Zr]([CH3])([CH3])([CH3])([CH3])([CH3])([C]1=CC=CC1)([c]1ccc[nH]1)[C](C)(C)C.Cl.Cl. The van der Waals surface area contributed by atoms with Gasteiger partial charge in [0.1, 0.15) is 0 Å². The molecule has 26 heavy (non-hydrogen) atoms. The average Bonchev–Trinajstić information content (AvgIpc) is 3.01. The summed E-state index contributed by atoms with van der Waals surface area (Å²) in [6.07, 6.45) is 10.2. The van der Waals surface area contributed by atoms with Gasteiger partial charge >= 0.3 is 138 Å². The van der Waals surface area contributed by atoms with Crippen molar-refractivity contribution >= 4 is 28.2 Å². The fourth-order valence-corrected chi connectivity index (χ4v) is 33.0. The van der Waals surface area contributed by atoms with Gasteiger partial charge in [-0.1, -0.05) is 0 Å². The van der Waals surface area contributed by atoms with Crippen LogP contribution in [0.5, 0.6) is 0 Å². The van der Waals surface area contributed by atoms with Crippen molar-refractivity contribution < 1.29 is 12.8 Å². The summed E-state index contributed by atoms with van der Waals surface area (Å²) >= 11 is -5.84. The normalized spacial score (nSPS) is 23.5. The first-order valence-corrected chi connectivity index (χ1v) is 26.9. The maximum absolute atomic E-state index is 5.84. The number of aromatic nitrogens is 1. The Labute approximate surface area is 162 Å². The molecule has 1 nitrogen and oxygen atoms in total.